The average molecular weight is 489 g/mol. The number of nitrogens with one attached hydrogen (secondary N) is 2. The lowest BCUT2D eigenvalue weighted by atomic mass is 10.2. The molecule has 0 unspecified atom stereocenters. The van der Waals surface area contributed by atoms with Crippen LogP contribution in [0.1, 0.15) is 27.6 Å². The van der Waals surface area contributed by atoms with E-state index in [0.717, 1.165) is 23.5 Å². The van der Waals surface area contributed by atoms with E-state index in [9.17, 15) is 24.0 Å². The van der Waals surface area contributed by atoms with Gasteiger partial charge in [0.2, 0.25) is 22.0 Å². The number of esters is 1. The minimum atomic E-state index is -1.12. The second kappa shape index (κ2) is 14.1. The molecule has 33 heavy (non-hydrogen) atoms. The Morgan fingerprint density at radius 3 is 1.76 bits per heavy atom. The third-order valence-electron chi connectivity index (χ3n) is 4.10. The van der Waals surface area contributed by atoms with E-state index in [1.165, 1.54) is 0 Å². The van der Waals surface area contributed by atoms with Crippen LogP contribution in [0.3, 0.4) is 0 Å². The summed E-state index contributed by atoms with van der Waals surface area (Å²) < 4.78 is 4.95. The number of ether oxygens (including phenoxy) is 1. The van der Waals surface area contributed by atoms with Gasteiger partial charge in [0.15, 0.2) is 0 Å². The largest absolute Gasteiger partial charge is 0.464 e. The molecule has 0 aliphatic heterocycles. The predicted molar refractivity (Wildman–Crippen MR) is 128 cm³/mol. The van der Waals surface area contributed by atoms with Crippen molar-refractivity contribution in [2.24, 2.45) is 0 Å². The van der Waals surface area contributed by atoms with Gasteiger partial charge in [-0.1, -0.05) is 84.2 Å². The van der Waals surface area contributed by atoms with Crippen LogP contribution >= 0.6 is 23.5 Å². The zero-order valence-electron chi connectivity index (χ0n) is 17.9. The molecule has 2 aromatic rings. The molecule has 0 heterocycles. The maximum absolute atomic E-state index is 12.3. The van der Waals surface area contributed by atoms with Gasteiger partial charge in [-0.05, 0) is 6.92 Å². The topological polar surface area (TPSA) is 119 Å². The molecule has 0 fully saturated rings. The van der Waals surface area contributed by atoms with Gasteiger partial charge in [0.1, 0.15) is 6.04 Å². The van der Waals surface area contributed by atoms with Crippen LogP contribution < -0.4 is 10.6 Å². The van der Waals surface area contributed by atoms with Gasteiger partial charge in [-0.25, -0.2) is 4.79 Å². The summed E-state index contributed by atoms with van der Waals surface area (Å²) in [5, 5.41) is 4.48. The number of amides is 2. The number of thioether (sulfide) groups is 2. The summed E-state index contributed by atoms with van der Waals surface area (Å²) >= 11 is 1.64. The van der Waals surface area contributed by atoms with E-state index in [1.807, 2.05) is 0 Å². The lowest BCUT2D eigenvalue weighted by Gasteiger charge is -2.17. The summed E-state index contributed by atoms with van der Waals surface area (Å²) in [5.74, 6) is -2.07. The number of rotatable bonds is 11. The molecule has 1 atom stereocenters. The number of carbonyl (C=O) groups excluding carboxylic acids is 5. The van der Waals surface area contributed by atoms with E-state index in [4.69, 9.17) is 4.74 Å². The third kappa shape index (κ3) is 9.50. The number of carbonyl (C=O) groups is 5. The maximum Gasteiger partial charge on any atom is 0.330 e. The first-order valence-corrected chi connectivity index (χ1v) is 12.0. The smallest absolute Gasteiger partial charge is 0.330 e. The Balaban J connectivity index is 1.82. The molecule has 2 aromatic carbocycles. The summed E-state index contributed by atoms with van der Waals surface area (Å²) in [6, 6.07) is 15.9. The van der Waals surface area contributed by atoms with Gasteiger partial charge >= 0.3 is 5.97 Å². The van der Waals surface area contributed by atoms with Crippen LogP contribution in [0.25, 0.3) is 0 Å². The van der Waals surface area contributed by atoms with Crippen LogP contribution in [-0.4, -0.2) is 58.7 Å². The van der Waals surface area contributed by atoms with E-state index >= 15 is 0 Å². The SMILES string of the molecule is CCOC(=O)[C@H](CNC(=O)CSC(=O)c1ccccc1)NC(=O)CSC(=O)c1ccccc1. The van der Waals surface area contributed by atoms with Crippen LogP contribution in [0.4, 0.5) is 0 Å². The fourth-order valence-corrected chi connectivity index (χ4v) is 3.83. The summed E-state index contributed by atoms with van der Waals surface area (Å²) in [5.41, 5.74) is 0.946. The molecule has 0 saturated heterocycles. The second-order valence-electron chi connectivity index (χ2n) is 6.56. The Labute approximate surface area is 200 Å². The molecule has 10 heteroatoms. The van der Waals surface area contributed by atoms with Gasteiger partial charge in [0.05, 0.1) is 18.1 Å². The monoisotopic (exact) mass is 488 g/mol. The first kappa shape index (κ1) is 26.1. The fourth-order valence-electron chi connectivity index (χ4n) is 2.52. The third-order valence-corrected chi connectivity index (χ3v) is 5.91. The van der Waals surface area contributed by atoms with E-state index in [1.54, 1.807) is 67.6 Å². The summed E-state index contributed by atoms with van der Waals surface area (Å²) in [6.07, 6.45) is 0. The molecular formula is C23H24N2O6S2. The number of hydrogen-bond acceptors (Lipinski definition) is 8. The zero-order valence-corrected chi connectivity index (χ0v) is 19.6. The molecule has 0 saturated carbocycles. The predicted octanol–water partition coefficient (Wildman–Crippen LogP) is 2.30. The van der Waals surface area contributed by atoms with Crippen molar-refractivity contribution in [1.82, 2.24) is 10.6 Å². The molecule has 2 rings (SSSR count). The van der Waals surface area contributed by atoms with Gasteiger partial charge in [0.25, 0.3) is 0 Å². The van der Waals surface area contributed by atoms with E-state index in [-0.39, 0.29) is 34.9 Å². The van der Waals surface area contributed by atoms with Crippen LogP contribution in [0.15, 0.2) is 60.7 Å². The quantitative estimate of drug-likeness (QED) is 0.463. The van der Waals surface area contributed by atoms with Crippen molar-refractivity contribution < 1.29 is 28.7 Å². The van der Waals surface area contributed by atoms with Crippen LogP contribution in [0.2, 0.25) is 0 Å². The zero-order chi connectivity index (χ0) is 24.1. The van der Waals surface area contributed by atoms with Crippen LogP contribution in [0.5, 0.6) is 0 Å². The minimum absolute atomic E-state index is 0.0990. The van der Waals surface area contributed by atoms with Crippen molar-refractivity contribution in [3.05, 3.63) is 71.8 Å². The highest BCUT2D eigenvalue weighted by atomic mass is 32.2. The van der Waals surface area contributed by atoms with Gasteiger partial charge in [-0.15, -0.1) is 0 Å². The maximum atomic E-state index is 12.3. The number of benzene rings is 2. The van der Waals surface area contributed by atoms with E-state index < -0.39 is 23.8 Å². The van der Waals surface area contributed by atoms with Crippen LogP contribution in [0, 0.1) is 0 Å². The Bertz CT molecular complexity index is 969. The first-order chi connectivity index (χ1) is 15.9. The lowest BCUT2D eigenvalue weighted by Crippen LogP contribution is -2.50. The van der Waals surface area contributed by atoms with Crippen LogP contribution in [-0.2, 0) is 19.1 Å². The Hall–Kier alpha value is -3.11. The van der Waals surface area contributed by atoms with Crippen molar-refractivity contribution in [2.75, 3.05) is 24.7 Å². The van der Waals surface area contributed by atoms with E-state index in [0.29, 0.717) is 11.1 Å². The van der Waals surface area contributed by atoms with Crippen molar-refractivity contribution in [3.63, 3.8) is 0 Å². The van der Waals surface area contributed by atoms with Gasteiger partial charge in [-0.3, -0.25) is 19.2 Å². The van der Waals surface area contributed by atoms with E-state index in [2.05, 4.69) is 10.6 Å². The first-order valence-electron chi connectivity index (χ1n) is 10.1. The molecule has 0 aliphatic carbocycles. The van der Waals surface area contributed by atoms with Gasteiger partial charge in [0, 0.05) is 17.7 Å². The van der Waals surface area contributed by atoms with Gasteiger partial charge < -0.3 is 15.4 Å². The average Bonchev–Trinajstić information content (AvgIpc) is 2.84. The van der Waals surface area contributed by atoms with Crippen molar-refractivity contribution in [2.45, 2.75) is 13.0 Å². The Morgan fingerprint density at radius 2 is 1.27 bits per heavy atom. The summed E-state index contributed by atoms with van der Waals surface area (Å²) in [6.45, 7) is 1.51. The van der Waals surface area contributed by atoms with Crippen molar-refractivity contribution in [3.8, 4) is 0 Å². The molecule has 8 nitrogen and oxygen atoms in total. The molecule has 0 spiro atoms. The van der Waals surface area contributed by atoms with Crippen molar-refractivity contribution in [1.29, 1.82) is 0 Å². The Morgan fingerprint density at radius 1 is 0.788 bits per heavy atom. The summed E-state index contributed by atoms with van der Waals surface area (Å²) in [4.78, 5) is 60.8. The molecule has 2 amide bonds. The second-order valence-corrected chi connectivity index (χ2v) is 8.46. The highest BCUT2D eigenvalue weighted by Gasteiger charge is 2.23. The standard InChI is InChI=1S/C23H24N2O6S2/c1-2-31-21(28)18(25-20(27)15-33-23(30)17-11-7-4-8-12-17)13-24-19(26)14-32-22(29)16-9-5-3-6-10-16/h3-12,18H,2,13-15H2,1H3,(H,24,26)(H,25,27)/t18-/m0/s1. The lowest BCUT2D eigenvalue weighted by molar-refractivity contribution is -0.147. The highest BCUT2D eigenvalue weighted by molar-refractivity contribution is 8.14. The Kier molecular flexibility index (Phi) is 11.2. The molecule has 0 radical (unpaired) electrons. The molecule has 2 N–H and O–H groups in total. The molecule has 0 aromatic heterocycles. The minimum Gasteiger partial charge on any atom is -0.464 e. The number of hydrogen-bond donors (Lipinski definition) is 2. The fraction of sp³-hybridized carbons (Fsp3) is 0.261. The molecular weight excluding hydrogens is 464 g/mol. The van der Waals surface area contributed by atoms with Crippen molar-refractivity contribution >= 4 is 51.5 Å². The molecule has 0 aliphatic rings. The normalized spacial score (nSPS) is 11.2. The highest BCUT2D eigenvalue weighted by Crippen LogP contribution is 2.12. The molecule has 174 valence electrons. The van der Waals surface area contributed by atoms with Gasteiger partial charge in [-0.2, -0.15) is 0 Å². The summed E-state index contributed by atoms with van der Waals surface area (Å²) in [7, 11) is 0. The molecule has 0 bridgehead atoms.